The van der Waals surface area contributed by atoms with Crippen LogP contribution in [-0.4, -0.2) is 22.1 Å². The summed E-state index contributed by atoms with van der Waals surface area (Å²) < 4.78 is 0. The molecule has 17 heavy (non-hydrogen) atoms. The van der Waals surface area contributed by atoms with Crippen molar-refractivity contribution in [3.8, 4) is 0 Å². The Morgan fingerprint density at radius 1 is 1.35 bits per heavy atom. The van der Waals surface area contributed by atoms with E-state index in [9.17, 15) is 4.79 Å². The summed E-state index contributed by atoms with van der Waals surface area (Å²) in [5, 5.41) is 12.0. The van der Waals surface area contributed by atoms with Gasteiger partial charge >= 0.3 is 5.97 Å². The van der Waals surface area contributed by atoms with Gasteiger partial charge < -0.3 is 10.4 Å². The highest BCUT2D eigenvalue weighted by Gasteiger charge is 2.06. The number of carbonyl (C=O) groups is 1. The first kappa shape index (κ1) is 13.5. The van der Waals surface area contributed by atoms with Gasteiger partial charge in [-0.25, -0.2) is 9.78 Å². The average Bonchev–Trinajstić information content (AvgIpc) is 2.27. The molecule has 1 atom stereocenters. The molecule has 0 aliphatic rings. The molecule has 0 aromatic carbocycles. The SMILES string of the molecule is CC(C)CCC(C)Nc1ccc(C(=O)O)cn1. The van der Waals surface area contributed by atoms with Crippen LogP contribution in [0.15, 0.2) is 18.3 Å². The van der Waals surface area contributed by atoms with Crippen LogP contribution in [0.4, 0.5) is 5.82 Å². The molecule has 1 unspecified atom stereocenters. The molecule has 1 aromatic heterocycles. The van der Waals surface area contributed by atoms with E-state index in [1.165, 1.54) is 12.6 Å². The van der Waals surface area contributed by atoms with Gasteiger partial charge in [0.25, 0.3) is 0 Å². The number of nitrogens with zero attached hydrogens (tertiary/aromatic N) is 1. The van der Waals surface area contributed by atoms with Crippen molar-refractivity contribution in [3.05, 3.63) is 23.9 Å². The Balaban J connectivity index is 2.48. The zero-order valence-corrected chi connectivity index (χ0v) is 10.6. The Bertz CT molecular complexity index is 360. The van der Waals surface area contributed by atoms with Crippen LogP contribution in [0.2, 0.25) is 0 Å². The summed E-state index contributed by atoms with van der Waals surface area (Å²) >= 11 is 0. The molecule has 4 heteroatoms. The monoisotopic (exact) mass is 236 g/mol. The molecule has 0 amide bonds. The normalized spacial score (nSPS) is 12.5. The lowest BCUT2D eigenvalue weighted by Gasteiger charge is -2.15. The van der Waals surface area contributed by atoms with Gasteiger partial charge in [0.2, 0.25) is 0 Å². The van der Waals surface area contributed by atoms with Crippen molar-refractivity contribution in [1.82, 2.24) is 4.98 Å². The summed E-state index contributed by atoms with van der Waals surface area (Å²) in [4.78, 5) is 14.7. The lowest BCUT2D eigenvalue weighted by molar-refractivity contribution is 0.0696. The Hall–Kier alpha value is -1.58. The number of carboxylic acid groups (broad SMARTS) is 1. The largest absolute Gasteiger partial charge is 0.478 e. The second-order valence-electron chi connectivity index (χ2n) is 4.75. The molecule has 0 spiro atoms. The molecule has 0 bridgehead atoms. The predicted molar refractivity (Wildman–Crippen MR) is 68.4 cm³/mol. The van der Waals surface area contributed by atoms with Gasteiger partial charge in [0, 0.05) is 12.2 Å². The number of nitrogens with one attached hydrogen (secondary N) is 1. The molecule has 1 heterocycles. The second kappa shape index (κ2) is 6.23. The van der Waals surface area contributed by atoms with Crippen molar-refractivity contribution in [2.45, 2.75) is 39.7 Å². The lowest BCUT2D eigenvalue weighted by Crippen LogP contribution is -2.16. The second-order valence-corrected chi connectivity index (χ2v) is 4.75. The van der Waals surface area contributed by atoms with Crippen LogP contribution in [0.5, 0.6) is 0 Å². The van der Waals surface area contributed by atoms with E-state index in [0.29, 0.717) is 12.0 Å². The Kier molecular flexibility index (Phi) is 4.94. The van der Waals surface area contributed by atoms with Gasteiger partial charge in [-0.1, -0.05) is 13.8 Å². The van der Waals surface area contributed by atoms with Crippen molar-refractivity contribution in [1.29, 1.82) is 0 Å². The highest BCUT2D eigenvalue weighted by Crippen LogP contribution is 2.11. The van der Waals surface area contributed by atoms with E-state index in [1.54, 1.807) is 12.1 Å². The molecule has 1 rings (SSSR count). The molecule has 0 saturated heterocycles. The minimum absolute atomic E-state index is 0.213. The molecular weight excluding hydrogens is 216 g/mol. The van der Waals surface area contributed by atoms with Crippen LogP contribution in [0.25, 0.3) is 0 Å². The maximum absolute atomic E-state index is 10.7. The first-order valence-electron chi connectivity index (χ1n) is 5.95. The number of aromatic nitrogens is 1. The molecule has 0 fully saturated rings. The molecule has 0 aliphatic heterocycles. The van der Waals surface area contributed by atoms with E-state index in [4.69, 9.17) is 5.11 Å². The van der Waals surface area contributed by atoms with Gasteiger partial charge in [-0.05, 0) is 37.8 Å². The molecule has 4 nitrogen and oxygen atoms in total. The van der Waals surface area contributed by atoms with Crippen LogP contribution in [0.1, 0.15) is 44.0 Å². The van der Waals surface area contributed by atoms with E-state index < -0.39 is 5.97 Å². The van der Waals surface area contributed by atoms with Gasteiger partial charge in [-0.3, -0.25) is 0 Å². The maximum Gasteiger partial charge on any atom is 0.337 e. The van der Waals surface area contributed by atoms with Gasteiger partial charge in [0.05, 0.1) is 5.56 Å². The summed E-state index contributed by atoms with van der Waals surface area (Å²) in [6.45, 7) is 6.51. The fourth-order valence-corrected chi connectivity index (χ4v) is 1.51. The number of hydrogen-bond acceptors (Lipinski definition) is 3. The summed E-state index contributed by atoms with van der Waals surface area (Å²) in [5.74, 6) is 0.477. The van der Waals surface area contributed by atoms with E-state index in [0.717, 1.165) is 12.2 Å². The molecule has 0 saturated carbocycles. The predicted octanol–water partition coefficient (Wildman–Crippen LogP) is 3.02. The third kappa shape index (κ3) is 4.85. The van der Waals surface area contributed by atoms with Crippen molar-refractivity contribution in [2.24, 2.45) is 5.92 Å². The summed E-state index contributed by atoms with van der Waals surface area (Å²) in [5.41, 5.74) is 0.213. The highest BCUT2D eigenvalue weighted by molar-refractivity contribution is 5.87. The third-order valence-corrected chi connectivity index (χ3v) is 2.58. The van der Waals surface area contributed by atoms with Crippen LogP contribution in [0, 0.1) is 5.92 Å². The van der Waals surface area contributed by atoms with E-state index in [2.05, 4.69) is 31.1 Å². The summed E-state index contributed by atoms with van der Waals surface area (Å²) in [6.07, 6.45) is 3.63. The molecule has 1 aromatic rings. The van der Waals surface area contributed by atoms with Crippen LogP contribution < -0.4 is 5.32 Å². The average molecular weight is 236 g/mol. The Morgan fingerprint density at radius 3 is 2.53 bits per heavy atom. The fraction of sp³-hybridized carbons (Fsp3) is 0.538. The minimum Gasteiger partial charge on any atom is -0.478 e. The first-order chi connectivity index (χ1) is 7.99. The number of rotatable bonds is 6. The topological polar surface area (TPSA) is 62.2 Å². The first-order valence-corrected chi connectivity index (χ1v) is 5.95. The van der Waals surface area contributed by atoms with Gasteiger partial charge in [-0.2, -0.15) is 0 Å². The summed E-state index contributed by atoms with van der Waals surface area (Å²) in [6, 6.07) is 3.61. The smallest absolute Gasteiger partial charge is 0.337 e. The minimum atomic E-state index is -0.947. The number of pyridine rings is 1. The van der Waals surface area contributed by atoms with E-state index >= 15 is 0 Å². The zero-order valence-electron chi connectivity index (χ0n) is 10.6. The van der Waals surface area contributed by atoms with E-state index in [-0.39, 0.29) is 5.56 Å². The van der Waals surface area contributed by atoms with Crippen molar-refractivity contribution >= 4 is 11.8 Å². The zero-order chi connectivity index (χ0) is 12.8. The Morgan fingerprint density at radius 2 is 2.06 bits per heavy atom. The third-order valence-electron chi connectivity index (χ3n) is 2.58. The van der Waals surface area contributed by atoms with Gasteiger partial charge in [0.15, 0.2) is 0 Å². The number of carboxylic acids is 1. The quantitative estimate of drug-likeness (QED) is 0.797. The van der Waals surface area contributed by atoms with Crippen molar-refractivity contribution in [3.63, 3.8) is 0 Å². The molecule has 94 valence electrons. The standard InChI is InChI=1S/C13H20N2O2/c1-9(2)4-5-10(3)15-12-7-6-11(8-14-12)13(16)17/h6-10H,4-5H2,1-3H3,(H,14,15)(H,16,17). The van der Waals surface area contributed by atoms with Crippen LogP contribution >= 0.6 is 0 Å². The van der Waals surface area contributed by atoms with Gasteiger partial charge in [0.1, 0.15) is 5.82 Å². The highest BCUT2D eigenvalue weighted by atomic mass is 16.4. The van der Waals surface area contributed by atoms with Crippen LogP contribution in [-0.2, 0) is 0 Å². The lowest BCUT2D eigenvalue weighted by atomic mass is 10.0. The molecular formula is C13H20N2O2. The van der Waals surface area contributed by atoms with Crippen molar-refractivity contribution < 1.29 is 9.90 Å². The maximum atomic E-state index is 10.7. The number of anilines is 1. The molecule has 2 N–H and O–H groups in total. The van der Waals surface area contributed by atoms with Crippen molar-refractivity contribution in [2.75, 3.05) is 5.32 Å². The van der Waals surface area contributed by atoms with E-state index in [1.807, 2.05) is 0 Å². The van der Waals surface area contributed by atoms with Crippen LogP contribution in [0.3, 0.4) is 0 Å². The fourth-order valence-electron chi connectivity index (χ4n) is 1.51. The number of aromatic carboxylic acids is 1. The van der Waals surface area contributed by atoms with Gasteiger partial charge in [-0.15, -0.1) is 0 Å². The Labute approximate surface area is 102 Å². The number of hydrogen-bond donors (Lipinski definition) is 2. The molecule has 0 radical (unpaired) electrons. The molecule has 0 aliphatic carbocycles. The summed E-state index contributed by atoms with van der Waals surface area (Å²) in [7, 11) is 0.